The van der Waals surface area contributed by atoms with E-state index in [-0.39, 0.29) is 6.61 Å². The summed E-state index contributed by atoms with van der Waals surface area (Å²) >= 11 is 0. The first-order chi connectivity index (χ1) is 11.7. The third-order valence-electron chi connectivity index (χ3n) is 3.99. The predicted octanol–water partition coefficient (Wildman–Crippen LogP) is 0.181. The third kappa shape index (κ3) is 3.77. The first-order valence-electron chi connectivity index (χ1n) is 8.11. The average Bonchev–Trinajstić information content (AvgIpc) is 2.62. The Hall–Kier alpha value is -2.32. The number of hydrogen-bond acceptors (Lipinski definition) is 8. The van der Waals surface area contributed by atoms with Crippen LogP contribution in [0, 0.1) is 0 Å². The minimum absolute atomic E-state index is 0.0521. The molecule has 1 fully saturated rings. The van der Waals surface area contributed by atoms with Crippen LogP contribution in [-0.2, 0) is 6.42 Å². The second kappa shape index (κ2) is 7.50. The maximum atomic E-state index is 9.62. The van der Waals surface area contributed by atoms with Gasteiger partial charge in [0.25, 0.3) is 0 Å². The van der Waals surface area contributed by atoms with Crippen LogP contribution in [0.2, 0.25) is 0 Å². The van der Waals surface area contributed by atoms with Gasteiger partial charge in [-0.15, -0.1) is 0 Å². The highest BCUT2D eigenvalue weighted by atomic mass is 16.3. The lowest BCUT2D eigenvalue weighted by Gasteiger charge is -2.36. The van der Waals surface area contributed by atoms with Crippen LogP contribution < -0.4 is 9.80 Å². The van der Waals surface area contributed by atoms with Crippen molar-refractivity contribution in [1.82, 2.24) is 19.9 Å². The molecule has 0 amide bonds. The lowest BCUT2D eigenvalue weighted by molar-refractivity contribution is 0.189. The number of aromatic nitrogens is 4. The van der Waals surface area contributed by atoms with Crippen LogP contribution in [0.15, 0.2) is 24.5 Å². The summed E-state index contributed by atoms with van der Waals surface area (Å²) in [7, 11) is 0. The van der Waals surface area contributed by atoms with E-state index in [9.17, 15) is 5.11 Å². The minimum Gasteiger partial charge on any atom is -0.396 e. The molecule has 3 heterocycles. The molecule has 0 saturated carbocycles. The van der Waals surface area contributed by atoms with Crippen molar-refractivity contribution in [2.24, 2.45) is 0 Å². The van der Waals surface area contributed by atoms with E-state index < -0.39 is 6.10 Å². The van der Waals surface area contributed by atoms with E-state index >= 15 is 0 Å². The molecule has 0 aliphatic carbocycles. The van der Waals surface area contributed by atoms with Crippen LogP contribution in [-0.4, -0.2) is 62.9 Å². The van der Waals surface area contributed by atoms with E-state index in [0.29, 0.717) is 18.1 Å². The van der Waals surface area contributed by atoms with E-state index in [4.69, 9.17) is 5.11 Å². The lowest BCUT2D eigenvalue weighted by atomic mass is 10.3. The van der Waals surface area contributed by atoms with Gasteiger partial charge in [0.15, 0.2) is 5.82 Å². The smallest absolute Gasteiger partial charge is 0.158 e. The Morgan fingerprint density at radius 2 is 1.58 bits per heavy atom. The van der Waals surface area contributed by atoms with E-state index in [2.05, 4.69) is 29.7 Å². The number of piperazine rings is 1. The van der Waals surface area contributed by atoms with Gasteiger partial charge >= 0.3 is 0 Å². The minimum atomic E-state index is -0.669. The number of rotatable bonds is 5. The number of nitrogens with zero attached hydrogens (tertiary/aromatic N) is 6. The van der Waals surface area contributed by atoms with Gasteiger partial charge in [-0.3, -0.25) is 0 Å². The van der Waals surface area contributed by atoms with Crippen LogP contribution >= 0.6 is 0 Å². The van der Waals surface area contributed by atoms with E-state index in [0.717, 1.165) is 37.8 Å². The maximum absolute atomic E-state index is 9.62. The molecule has 128 valence electrons. The number of aliphatic hydroxyl groups excluding tert-OH is 2. The van der Waals surface area contributed by atoms with Gasteiger partial charge in [0.1, 0.15) is 23.6 Å². The predicted molar refractivity (Wildman–Crippen MR) is 89.9 cm³/mol. The van der Waals surface area contributed by atoms with Gasteiger partial charge in [-0.05, 0) is 19.1 Å². The molecule has 0 bridgehead atoms. The van der Waals surface area contributed by atoms with Crippen molar-refractivity contribution >= 4 is 11.6 Å². The van der Waals surface area contributed by atoms with Crippen LogP contribution in [0.25, 0.3) is 0 Å². The van der Waals surface area contributed by atoms with Crippen LogP contribution in [0.5, 0.6) is 0 Å². The fourth-order valence-corrected chi connectivity index (χ4v) is 2.69. The highest BCUT2D eigenvalue weighted by Gasteiger charge is 2.20. The summed E-state index contributed by atoms with van der Waals surface area (Å²) in [5, 5.41) is 18.6. The molecule has 0 spiro atoms. The molecule has 1 aliphatic rings. The Morgan fingerprint density at radius 1 is 1.00 bits per heavy atom. The highest BCUT2D eigenvalue weighted by molar-refractivity contribution is 5.44. The summed E-state index contributed by atoms with van der Waals surface area (Å²) in [6, 6.07) is 3.76. The molecule has 1 saturated heterocycles. The average molecular weight is 330 g/mol. The topological polar surface area (TPSA) is 98.5 Å². The van der Waals surface area contributed by atoms with Crippen LogP contribution in [0.1, 0.15) is 24.7 Å². The lowest BCUT2D eigenvalue weighted by Crippen LogP contribution is -2.47. The van der Waals surface area contributed by atoms with Crippen molar-refractivity contribution in [1.29, 1.82) is 0 Å². The zero-order chi connectivity index (χ0) is 16.9. The normalized spacial score (nSPS) is 16.3. The summed E-state index contributed by atoms with van der Waals surface area (Å²) in [6.07, 6.45) is 3.22. The van der Waals surface area contributed by atoms with Crippen molar-refractivity contribution < 1.29 is 10.2 Å². The SMILES string of the molecule is C[C@@H](O)c1nccc(N2CCN(c3ccnc(CCO)n3)CC2)n1. The van der Waals surface area contributed by atoms with Crippen molar-refractivity contribution in [3.05, 3.63) is 36.2 Å². The number of hydrogen-bond donors (Lipinski definition) is 2. The Balaban J connectivity index is 1.65. The molecule has 0 unspecified atom stereocenters. The highest BCUT2D eigenvalue weighted by Crippen LogP contribution is 2.18. The largest absolute Gasteiger partial charge is 0.396 e. The standard InChI is InChI=1S/C16H22N6O2/c1-12(24)16-18-6-3-15(20-16)22-9-7-21(8-10-22)14-2-5-17-13(19-14)4-11-23/h2-3,5-6,12,23-24H,4,7-11H2,1H3/t12-/m1/s1. The molecule has 1 atom stereocenters. The molecule has 0 aromatic carbocycles. The van der Waals surface area contributed by atoms with E-state index in [1.807, 2.05) is 12.1 Å². The van der Waals surface area contributed by atoms with E-state index in [1.165, 1.54) is 0 Å². The van der Waals surface area contributed by atoms with Gasteiger partial charge in [0.05, 0.1) is 6.61 Å². The molecule has 2 aromatic heterocycles. The Kier molecular flexibility index (Phi) is 5.17. The second-order valence-corrected chi connectivity index (χ2v) is 5.73. The molecule has 0 radical (unpaired) electrons. The van der Waals surface area contributed by atoms with Gasteiger partial charge in [-0.1, -0.05) is 0 Å². The number of aliphatic hydroxyl groups is 2. The second-order valence-electron chi connectivity index (χ2n) is 5.73. The molecular weight excluding hydrogens is 308 g/mol. The third-order valence-corrected chi connectivity index (χ3v) is 3.99. The van der Waals surface area contributed by atoms with Gasteiger partial charge in [-0.25, -0.2) is 19.9 Å². The van der Waals surface area contributed by atoms with Crippen molar-refractivity contribution in [2.45, 2.75) is 19.4 Å². The van der Waals surface area contributed by atoms with Gasteiger partial charge in [0.2, 0.25) is 0 Å². The maximum Gasteiger partial charge on any atom is 0.158 e. The van der Waals surface area contributed by atoms with Crippen LogP contribution in [0.4, 0.5) is 11.6 Å². The summed E-state index contributed by atoms with van der Waals surface area (Å²) in [4.78, 5) is 21.6. The van der Waals surface area contributed by atoms with Gasteiger partial charge in [-0.2, -0.15) is 0 Å². The summed E-state index contributed by atoms with van der Waals surface area (Å²) in [6.45, 7) is 4.99. The van der Waals surface area contributed by atoms with E-state index in [1.54, 1.807) is 19.3 Å². The Morgan fingerprint density at radius 3 is 2.17 bits per heavy atom. The summed E-state index contributed by atoms with van der Waals surface area (Å²) in [5.74, 6) is 2.83. The van der Waals surface area contributed by atoms with Gasteiger partial charge < -0.3 is 20.0 Å². The number of anilines is 2. The zero-order valence-corrected chi connectivity index (χ0v) is 13.7. The molecule has 8 heteroatoms. The van der Waals surface area contributed by atoms with Crippen LogP contribution in [0.3, 0.4) is 0 Å². The van der Waals surface area contributed by atoms with Crippen molar-refractivity contribution in [3.8, 4) is 0 Å². The Bertz CT molecular complexity index is 673. The quantitative estimate of drug-likeness (QED) is 0.801. The first kappa shape index (κ1) is 16.5. The molecular formula is C16H22N6O2. The fraction of sp³-hybridized carbons (Fsp3) is 0.500. The molecule has 2 N–H and O–H groups in total. The summed E-state index contributed by atoms with van der Waals surface area (Å²) < 4.78 is 0. The monoisotopic (exact) mass is 330 g/mol. The first-order valence-corrected chi connectivity index (χ1v) is 8.11. The van der Waals surface area contributed by atoms with Crippen molar-refractivity contribution in [3.63, 3.8) is 0 Å². The Labute approximate surface area is 140 Å². The molecule has 1 aliphatic heterocycles. The fourth-order valence-electron chi connectivity index (χ4n) is 2.69. The molecule has 24 heavy (non-hydrogen) atoms. The van der Waals surface area contributed by atoms with Crippen molar-refractivity contribution in [2.75, 3.05) is 42.6 Å². The molecule has 3 rings (SSSR count). The van der Waals surface area contributed by atoms with Gasteiger partial charge in [0, 0.05) is 45.0 Å². The molecule has 8 nitrogen and oxygen atoms in total. The molecule has 2 aromatic rings. The zero-order valence-electron chi connectivity index (χ0n) is 13.7. The summed E-state index contributed by atoms with van der Waals surface area (Å²) in [5.41, 5.74) is 0.